The molecule has 0 spiro atoms. The van der Waals surface area contributed by atoms with E-state index in [9.17, 15) is 4.79 Å². The van der Waals surface area contributed by atoms with E-state index >= 15 is 0 Å². The number of nitrogens with zero attached hydrogens (tertiary/aromatic N) is 2. The third-order valence-electron chi connectivity index (χ3n) is 3.07. The number of hydrogen-bond acceptors (Lipinski definition) is 4. The van der Waals surface area contributed by atoms with E-state index in [-0.39, 0.29) is 12.1 Å². The zero-order chi connectivity index (χ0) is 13.7. The molecule has 2 N–H and O–H groups in total. The fraction of sp³-hybridized carbons (Fsp3) is 0.615. The maximum absolute atomic E-state index is 11.8. The van der Waals surface area contributed by atoms with Crippen molar-refractivity contribution in [1.29, 1.82) is 0 Å². The highest BCUT2D eigenvalue weighted by atomic mass is 32.2. The second-order valence-electron chi connectivity index (χ2n) is 4.76. The number of rotatable bonds is 6. The van der Waals surface area contributed by atoms with Gasteiger partial charge in [0.2, 0.25) is 0 Å². The molecule has 0 aliphatic heterocycles. The molecular formula is C13H20N4OS. The van der Waals surface area contributed by atoms with Crippen LogP contribution >= 0.6 is 11.8 Å². The first-order chi connectivity index (χ1) is 9.22. The molecule has 2 rings (SSSR count). The Morgan fingerprint density at radius 2 is 2.16 bits per heavy atom. The normalized spacial score (nSPS) is 15.9. The van der Waals surface area contributed by atoms with Crippen molar-refractivity contribution < 1.29 is 4.79 Å². The molecule has 1 heterocycles. The van der Waals surface area contributed by atoms with Crippen molar-refractivity contribution in [3.8, 4) is 0 Å². The summed E-state index contributed by atoms with van der Waals surface area (Å²) in [6.45, 7) is 2.06. The molecule has 1 atom stereocenters. The summed E-state index contributed by atoms with van der Waals surface area (Å²) >= 11 is 1.73. The summed E-state index contributed by atoms with van der Waals surface area (Å²) in [5.74, 6) is 2.34. The van der Waals surface area contributed by atoms with E-state index in [0.717, 1.165) is 18.0 Å². The Balaban J connectivity index is 1.83. The van der Waals surface area contributed by atoms with Crippen LogP contribution in [0.1, 0.15) is 37.9 Å². The molecule has 1 saturated carbocycles. The lowest BCUT2D eigenvalue weighted by Gasteiger charge is -2.16. The minimum Gasteiger partial charge on any atom is -0.334 e. The number of urea groups is 1. The van der Waals surface area contributed by atoms with Crippen molar-refractivity contribution in [3.05, 3.63) is 18.2 Å². The number of hydrogen-bond donors (Lipinski definition) is 2. The molecule has 0 unspecified atom stereocenters. The Morgan fingerprint density at radius 1 is 1.47 bits per heavy atom. The Morgan fingerprint density at radius 3 is 2.68 bits per heavy atom. The SMILES string of the molecule is CC[C@@H](CSC)NC(=O)Nc1cnc(C2CC2)nc1. The van der Waals surface area contributed by atoms with E-state index in [0.29, 0.717) is 11.6 Å². The standard InChI is InChI=1S/C13H20N4OS/c1-3-10(8-19-2)16-13(18)17-11-6-14-12(15-7-11)9-4-5-9/h6-7,9-10H,3-5,8H2,1-2H3,(H2,16,17,18)/t10-/m0/s1. The lowest BCUT2D eigenvalue weighted by atomic mass is 10.3. The number of nitrogens with one attached hydrogen (secondary N) is 2. The van der Waals surface area contributed by atoms with Crippen molar-refractivity contribution in [2.75, 3.05) is 17.3 Å². The average molecular weight is 280 g/mol. The molecule has 5 nitrogen and oxygen atoms in total. The van der Waals surface area contributed by atoms with Gasteiger partial charge < -0.3 is 10.6 Å². The number of amides is 2. The highest BCUT2D eigenvalue weighted by Gasteiger charge is 2.26. The number of aromatic nitrogens is 2. The van der Waals surface area contributed by atoms with Gasteiger partial charge in [-0.1, -0.05) is 6.92 Å². The highest BCUT2D eigenvalue weighted by molar-refractivity contribution is 7.98. The molecule has 1 fully saturated rings. The fourth-order valence-corrected chi connectivity index (χ4v) is 2.49. The van der Waals surface area contributed by atoms with Gasteiger partial charge in [0.25, 0.3) is 0 Å². The van der Waals surface area contributed by atoms with Gasteiger partial charge in [0, 0.05) is 17.7 Å². The first-order valence-electron chi connectivity index (χ1n) is 6.61. The van der Waals surface area contributed by atoms with Crippen LogP contribution in [0, 0.1) is 0 Å². The molecule has 2 amide bonds. The summed E-state index contributed by atoms with van der Waals surface area (Å²) in [5.41, 5.74) is 0.640. The summed E-state index contributed by atoms with van der Waals surface area (Å²) in [7, 11) is 0. The number of thioether (sulfide) groups is 1. The van der Waals surface area contributed by atoms with Gasteiger partial charge in [-0.2, -0.15) is 11.8 Å². The molecule has 0 radical (unpaired) electrons. The van der Waals surface area contributed by atoms with Crippen LogP contribution in [0.3, 0.4) is 0 Å². The maximum atomic E-state index is 11.8. The second-order valence-corrected chi connectivity index (χ2v) is 5.67. The van der Waals surface area contributed by atoms with E-state index in [1.807, 2.05) is 6.26 Å². The lowest BCUT2D eigenvalue weighted by Crippen LogP contribution is -2.39. The van der Waals surface area contributed by atoms with E-state index in [4.69, 9.17) is 0 Å². The molecule has 1 aromatic heterocycles. The first kappa shape index (κ1) is 14.1. The third-order valence-corrected chi connectivity index (χ3v) is 3.80. The summed E-state index contributed by atoms with van der Waals surface area (Å²) in [5, 5.41) is 5.71. The number of carbonyl (C=O) groups excluding carboxylic acids is 1. The largest absolute Gasteiger partial charge is 0.334 e. The van der Waals surface area contributed by atoms with Gasteiger partial charge >= 0.3 is 6.03 Å². The van der Waals surface area contributed by atoms with Crippen molar-refractivity contribution in [3.63, 3.8) is 0 Å². The van der Waals surface area contributed by atoms with Crippen molar-refractivity contribution >= 4 is 23.5 Å². The second kappa shape index (κ2) is 6.75. The van der Waals surface area contributed by atoms with Crippen molar-refractivity contribution in [2.24, 2.45) is 0 Å². The molecule has 1 aliphatic rings. The lowest BCUT2D eigenvalue weighted by molar-refractivity contribution is 0.249. The van der Waals surface area contributed by atoms with Crippen molar-refractivity contribution in [2.45, 2.75) is 38.1 Å². The summed E-state index contributed by atoms with van der Waals surface area (Å²) in [6.07, 6.45) is 8.67. The predicted octanol–water partition coefficient (Wildman–Crippen LogP) is 2.62. The summed E-state index contributed by atoms with van der Waals surface area (Å²) in [4.78, 5) is 20.3. The third kappa shape index (κ3) is 4.38. The minimum atomic E-state index is -0.191. The molecule has 104 valence electrons. The average Bonchev–Trinajstić information content (AvgIpc) is 3.23. The molecule has 0 saturated heterocycles. The monoisotopic (exact) mass is 280 g/mol. The van der Waals surface area contributed by atoms with Crippen LogP contribution in [0.15, 0.2) is 12.4 Å². The molecule has 19 heavy (non-hydrogen) atoms. The highest BCUT2D eigenvalue weighted by Crippen LogP contribution is 2.37. The Bertz CT molecular complexity index is 419. The Labute approximate surface area is 118 Å². The Kier molecular flexibility index (Phi) is 5.01. The van der Waals surface area contributed by atoms with Gasteiger partial charge in [-0.05, 0) is 25.5 Å². The zero-order valence-corrected chi connectivity index (χ0v) is 12.2. The molecule has 1 aromatic rings. The van der Waals surface area contributed by atoms with Gasteiger partial charge in [0.1, 0.15) is 5.82 Å². The molecule has 0 bridgehead atoms. The molecule has 0 aromatic carbocycles. The van der Waals surface area contributed by atoms with Crippen LogP contribution < -0.4 is 10.6 Å². The topological polar surface area (TPSA) is 66.9 Å². The van der Waals surface area contributed by atoms with Gasteiger partial charge in [0.05, 0.1) is 18.1 Å². The van der Waals surface area contributed by atoms with Gasteiger partial charge in [-0.3, -0.25) is 0 Å². The first-order valence-corrected chi connectivity index (χ1v) is 8.00. The molecule has 1 aliphatic carbocycles. The van der Waals surface area contributed by atoms with Crippen molar-refractivity contribution in [1.82, 2.24) is 15.3 Å². The quantitative estimate of drug-likeness (QED) is 0.840. The van der Waals surface area contributed by atoms with Crippen LogP contribution in [-0.2, 0) is 0 Å². The minimum absolute atomic E-state index is 0.191. The van der Waals surface area contributed by atoms with Crippen LogP contribution in [0.4, 0.5) is 10.5 Å². The van der Waals surface area contributed by atoms with E-state index in [1.54, 1.807) is 24.2 Å². The Hall–Kier alpha value is -1.30. The number of carbonyl (C=O) groups is 1. The van der Waals surface area contributed by atoms with E-state index < -0.39 is 0 Å². The summed E-state index contributed by atoms with van der Waals surface area (Å²) < 4.78 is 0. The van der Waals surface area contributed by atoms with Crippen LogP contribution in [-0.4, -0.2) is 34.0 Å². The van der Waals surface area contributed by atoms with Gasteiger partial charge in [-0.15, -0.1) is 0 Å². The van der Waals surface area contributed by atoms with Crippen LogP contribution in [0.5, 0.6) is 0 Å². The zero-order valence-electron chi connectivity index (χ0n) is 11.3. The van der Waals surface area contributed by atoms with Crippen LogP contribution in [0.25, 0.3) is 0 Å². The van der Waals surface area contributed by atoms with E-state index in [2.05, 4.69) is 27.5 Å². The number of anilines is 1. The maximum Gasteiger partial charge on any atom is 0.319 e. The van der Waals surface area contributed by atoms with Gasteiger partial charge in [-0.25, -0.2) is 14.8 Å². The fourth-order valence-electron chi connectivity index (χ4n) is 1.77. The van der Waals surface area contributed by atoms with E-state index in [1.165, 1.54) is 12.8 Å². The summed E-state index contributed by atoms with van der Waals surface area (Å²) in [6, 6.07) is 0.00493. The molecule has 6 heteroatoms. The van der Waals surface area contributed by atoms with Gasteiger partial charge in [0.15, 0.2) is 0 Å². The molecular weight excluding hydrogens is 260 g/mol. The van der Waals surface area contributed by atoms with Crippen LogP contribution in [0.2, 0.25) is 0 Å². The smallest absolute Gasteiger partial charge is 0.319 e. The predicted molar refractivity (Wildman–Crippen MR) is 78.6 cm³/mol.